The van der Waals surface area contributed by atoms with Gasteiger partial charge in [0.25, 0.3) is 0 Å². The van der Waals surface area contributed by atoms with Crippen LogP contribution < -0.4 is 10.1 Å². The predicted molar refractivity (Wildman–Crippen MR) is 209 cm³/mol. The van der Waals surface area contributed by atoms with Crippen LogP contribution in [0.1, 0.15) is 138 Å². The molecule has 2 N–H and O–H groups in total. The van der Waals surface area contributed by atoms with Crippen molar-refractivity contribution in [2.24, 2.45) is 62.1 Å². The first kappa shape index (κ1) is 39.9. The lowest BCUT2D eigenvalue weighted by atomic mass is 9.32. The monoisotopic (exact) mass is 732 g/mol. The van der Waals surface area contributed by atoms with E-state index in [1.807, 2.05) is 12.1 Å². The minimum atomic E-state index is -1.15. The molecule has 5 aliphatic carbocycles. The van der Waals surface area contributed by atoms with Crippen LogP contribution in [0.5, 0.6) is 5.75 Å². The highest BCUT2D eigenvalue weighted by molar-refractivity contribution is 5.84. The molecule has 5 fully saturated rings. The van der Waals surface area contributed by atoms with E-state index in [0.717, 1.165) is 76.4 Å². The summed E-state index contributed by atoms with van der Waals surface area (Å²) in [6, 6.07) is 8.24. The third-order valence-electron chi connectivity index (χ3n) is 17.0. The zero-order valence-corrected chi connectivity index (χ0v) is 34.4. The number of allylic oxidation sites excluding steroid dienone is 1. The van der Waals surface area contributed by atoms with E-state index >= 15 is 0 Å². The summed E-state index contributed by atoms with van der Waals surface area (Å²) in [6.45, 7) is 23.0. The number of carboxylic acid groups (broad SMARTS) is 1. The van der Waals surface area contributed by atoms with Crippen molar-refractivity contribution in [3.05, 3.63) is 42.0 Å². The number of benzene rings is 1. The molecular formula is C46H69NO6. The van der Waals surface area contributed by atoms with Crippen molar-refractivity contribution in [3.63, 3.8) is 0 Å². The number of fused-ring (bicyclic) bond motifs is 7. The Morgan fingerprint density at radius 2 is 1.58 bits per heavy atom. The van der Waals surface area contributed by atoms with Crippen LogP contribution in [0.15, 0.2) is 36.4 Å². The van der Waals surface area contributed by atoms with Gasteiger partial charge in [-0.3, -0.25) is 14.4 Å². The van der Waals surface area contributed by atoms with Crippen molar-refractivity contribution in [3.8, 4) is 5.75 Å². The van der Waals surface area contributed by atoms with Gasteiger partial charge in [0.2, 0.25) is 5.91 Å². The van der Waals surface area contributed by atoms with Crippen molar-refractivity contribution < 1.29 is 29.0 Å². The number of amides is 1. The fourth-order valence-electron chi connectivity index (χ4n) is 13.8. The Labute approximate surface area is 319 Å². The van der Waals surface area contributed by atoms with E-state index in [4.69, 9.17) is 9.47 Å². The van der Waals surface area contributed by atoms with Crippen LogP contribution >= 0.6 is 0 Å². The van der Waals surface area contributed by atoms with E-state index in [-0.39, 0.29) is 45.5 Å². The molecule has 0 bridgehead atoms. The second-order valence-corrected chi connectivity index (χ2v) is 20.3. The fraction of sp³-hybridized carbons (Fsp3) is 0.761. The normalized spacial score (nSPS) is 38.7. The third-order valence-corrected chi connectivity index (χ3v) is 17.0. The number of esters is 1. The molecule has 1 aromatic carbocycles. The molecule has 6 rings (SSSR count). The number of hydrogen-bond acceptors (Lipinski definition) is 5. The quantitative estimate of drug-likeness (QED) is 0.134. The predicted octanol–water partition coefficient (Wildman–Crippen LogP) is 9.81. The lowest BCUT2D eigenvalue weighted by Crippen LogP contribution is -2.67. The van der Waals surface area contributed by atoms with Crippen molar-refractivity contribution in [2.45, 2.75) is 145 Å². The average Bonchev–Trinajstić information content (AvgIpc) is 3.50. The summed E-state index contributed by atoms with van der Waals surface area (Å²) in [5.41, 5.74) is 1.22. The van der Waals surface area contributed by atoms with Gasteiger partial charge in [-0.05, 0) is 161 Å². The molecule has 0 radical (unpaired) electrons. The molecule has 0 aromatic heterocycles. The summed E-state index contributed by atoms with van der Waals surface area (Å²) < 4.78 is 11.5. The Hall–Kier alpha value is -2.83. The number of methoxy groups -OCH3 is 1. The van der Waals surface area contributed by atoms with E-state index in [1.54, 1.807) is 21.0 Å². The highest BCUT2D eigenvalue weighted by Crippen LogP contribution is 2.77. The molecule has 53 heavy (non-hydrogen) atoms. The summed E-state index contributed by atoms with van der Waals surface area (Å²) in [5.74, 6) is 1.93. The minimum absolute atomic E-state index is 0.118. The van der Waals surface area contributed by atoms with Gasteiger partial charge in [-0.2, -0.15) is 0 Å². The number of hydrogen-bond donors (Lipinski definition) is 2. The minimum Gasteiger partial charge on any atom is -0.497 e. The highest BCUT2D eigenvalue weighted by atomic mass is 16.5. The first-order valence-electron chi connectivity index (χ1n) is 20.8. The first-order chi connectivity index (χ1) is 24.8. The molecule has 0 heterocycles. The van der Waals surface area contributed by atoms with Crippen molar-refractivity contribution >= 4 is 17.8 Å². The molecular weight excluding hydrogens is 663 g/mol. The summed E-state index contributed by atoms with van der Waals surface area (Å²) >= 11 is 0. The maximum absolute atomic E-state index is 14.5. The summed E-state index contributed by atoms with van der Waals surface area (Å²) in [4.78, 5) is 39.4. The number of carbonyl (C=O) groups excluding carboxylic acids is 2. The third kappa shape index (κ3) is 6.46. The van der Waals surface area contributed by atoms with E-state index in [9.17, 15) is 19.5 Å². The maximum atomic E-state index is 14.5. The molecule has 294 valence electrons. The van der Waals surface area contributed by atoms with Crippen LogP contribution in [-0.4, -0.2) is 42.7 Å². The lowest BCUT2D eigenvalue weighted by Gasteiger charge is -2.72. The molecule has 5 aliphatic rings. The highest BCUT2D eigenvalue weighted by Gasteiger charge is 2.72. The van der Waals surface area contributed by atoms with E-state index < -0.39 is 17.4 Å². The molecule has 1 aromatic rings. The van der Waals surface area contributed by atoms with E-state index in [0.29, 0.717) is 36.1 Å². The van der Waals surface area contributed by atoms with Crippen LogP contribution in [0.25, 0.3) is 0 Å². The molecule has 5 saturated carbocycles. The Kier molecular flexibility index (Phi) is 10.6. The number of aliphatic carboxylic acids is 1. The van der Waals surface area contributed by atoms with Crippen LogP contribution in [0, 0.1) is 62.1 Å². The Morgan fingerprint density at radius 1 is 0.887 bits per heavy atom. The number of aryl methyl sites for hydroxylation is 1. The number of nitrogens with one attached hydrogen (secondary N) is 1. The van der Waals surface area contributed by atoms with Crippen LogP contribution in [-0.2, 0) is 25.5 Å². The summed E-state index contributed by atoms with van der Waals surface area (Å²) in [6.07, 6.45) is 12.0. The molecule has 0 saturated heterocycles. The van der Waals surface area contributed by atoms with Crippen LogP contribution in [0.4, 0.5) is 0 Å². The standard InChI is InChI=1S/C46H69NO6/c1-29(2)32-19-24-46(39(49)47-27-11-12-30-13-15-31(52-10)16-14-30)26-25-44(8)33(38(32)46)17-18-35-43(7)22-21-36(53-37(48)28-41(3,4)40(50)51)42(5,6)34(43)20-23-45(35,44)9/h13-16,32-36,38H,1,11-12,17-28H2,2-10H3,(H,47,49)(H,50,51)/t32-,33+,34-,35+,36-,38+,43-,44+,45+,46-/m0/s1. The lowest BCUT2D eigenvalue weighted by molar-refractivity contribution is -0.249. The van der Waals surface area contributed by atoms with Crippen LogP contribution in [0.2, 0.25) is 0 Å². The number of carboxylic acids is 1. The van der Waals surface area contributed by atoms with Gasteiger partial charge in [-0.1, -0.05) is 58.9 Å². The van der Waals surface area contributed by atoms with Crippen molar-refractivity contribution in [1.29, 1.82) is 0 Å². The molecule has 10 atom stereocenters. The fourth-order valence-corrected chi connectivity index (χ4v) is 13.8. The van der Waals surface area contributed by atoms with Gasteiger partial charge in [0.15, 0.2) is 0 Å². The second kappa shape index (κ2) is 14.0. The van der Waals surface area contributed by atoms with Gasteiger partial charge in [-0.25, -0.2) is 0 Å². The number of carbonyl (C=O) groups is 3. The molecule has 7 nitrogen and oxygen atoms in total. The summed E-state index contributed by atoms with van der Waals surface area (Å²) in [7, 11) is 1.69. The SMILES string of the molecule is C=C(C)[C@@H]1CC[C@]2(C(=O)NCCCc3ccc(OC)cc3)CC[C@]3(C)[C@H](CC[C@@H]4[C@@]5(C)CC[C@H](OC(=O)CC(C)(C)C(=O)O)C(C)(C)[C@@H]5CC[C@]43C)[C@@H]12. The Bertz CT molecular complexity index is 1580. The van der Waals surface area contributed by atoms with Gasteiger partial charge in [-0.15, -0.1) is 0 Å². The van der Waals surface area contributed by atoms with Crippen molar-refractivity contribution in [2.75, 3.05) is 13.7 Å². The van der Waals surface area contributed by atoms with Crippen molar-refractivity contribution in [1.82, 2.24) is 5.32 Å². The average molecular weight is 732 g/mol. The largest absolute Gasteiger partial charge is 0.497 e. The Balaban J connectivity index is 1.19. The Morgan fingerprint density at radius 3 is 2.23 bits per heavy atom. The number of rotatable bonds is 11. The van der Waals surface area contributed by atoms with Gasteiger partial charge in [0, 0.05) is 12.0 Å². The maximum Gasteiger partial charge on any atom is 0.309 e. The molecule has 0 aliphatic heterocycles. The zero-order valence-electron chi connectivity index (χ0n) is 34.4. The van der Waals surface area contributed by atoms with Crippen LogP contribution in [0.3, 0.4) is 0 Å². The smallest absolute Gasteiger partial charge is 0.309 e. The van der Waals surface area contributed by atoms with E-state index in [1.165, 1.54) is 17.6 Å². The second-order valence-electron chi connectivity index (χ2n) is 20.3. The molecule has 0 unspecified atom stereocenters. The topological polar surface area (TPSA) is 102 Å². The number of ether oxygens (including phenoxy) is 2. The summed E-state index contributed by atoms with van der Waals surface area (Å²) in [5, 5.41) is 13.1. The van der Waals surface area contributed by atoms with Gasteiger partial charge in [0.1, 0.15) is 11.9 Å². The van der Waals surface area contributed by atoms with Gasteiger partial charge < -0.3 is 19.9 Å². The zero-order chi connectivity index (χ0) is 38.8. The van der Waals surface area contributed by atoms with Gasteiger partial charge in [0.05, 0.1) is 24.4 Å². The molecule has 7 heteroatoms. The van der Waals surface area contributed by atoms with E-state index in [2.05, 4.69) is 65.6 Å². The molecule has 1 amide bonds. The molecule has 0 spiro atoms. The van der Waals surface area contributed by atoms with Gasteiger partial charge >= 0.3 is 11.9 Å². The first-order valence-corrected chi connectivity index (χ1v) is 20.8.